The van der Waals surface area contributed by atoms with Gasteiger partial charge in [0.2, 0.25) is 0 Å². The van der Waals surface area contributed by atoms with Crippen LogP contribution in [0.15, 0.2) is 53.4 Å². The standard InChI is InChI=1S/C23H28N2O4S/c1-17-3-2-15-25(17)16-12-18-4-6-19(7-5-18)20-8-10-21(11-9-20)30(27,28)29-23(13-14-23)22(24)26/h4-11,17H,2-3,12-16H2,1H3,(H2,24,26). The van der Waals surface area contributed by atoms with Crippen molar-refractivity contribution < 1.29 is 17.4 Å². The molecule has 0 spiro atoms. The van der Waals surface area contributed by atoms with E-state index >= 15 is 0 Å². The molecule has 1 aliphatic carbocycles. The van der Waals surface area contributed by atoms with Crippen LogP contribution < -0.4 is 5.73 Å². The highest BCUT2D eigenvalue weighted by Gasteiger charge is 2.53. The molecule has 1 saturated heterocycles. The lowest BCUT2D eigenvalue weighted by Crippen LogP contribution is -2.35. The van der Waals surface area contributed by atoms with Gasteiger partial charge in [0.25, 0.3) is 16.0 Å². The van der Waals surface area contributed by atoms with E-state index < -0.39 is 21.6 Å². The van der Waals surface area contributed by atoms with Gasteiger partial charge in [0, 0.05) is 12.6 Å². The van der Waals surface area contributed by atoms with Gasteiger partial charge in [-0.3, -0.25) is 4.79 Å². The summed E-state index contributed by atoms with van der Waals surface area (Å²) in [7, 11) is -4.03. The largest absolute Gasteiger partial charge is 0.367 e. The molecule has 2 aromatic rings. The number of primary amides is 1. The van der Waals surface area contributed by atoms with Gasteiger partial charge < -0.3 is 10.6 Å². The number of hydrogen-bond donors (Lipinski definition) is 1. The lowest BCUT2D eigenvalue weighted by Gasteiger charge is -2.20. The third-order valence-electron chi connectivity index (χ3n) is 6.23. The molecular weight excluding hydrogens is 400 g/mol. The van der Waals surface area contributed by atoms with Gasteiger partial charge in [0.05, 0.1) is 4.90 Å². The van der Waals surface area contributed by atoms with Crippen molar-refractivity contribution in [3.05, 3.63) is 54.1 Å². The second-order valence-electron chi connectivity index (χ2n) is 8.39. The van der Waals surface area contributed by atoms with Gasteiger partial charge in [0.15, 0.2) is 5.60 Å². The van der Waals surface area contributed by atoms with Gasteiger partial charge in [-0.05, 0) is 74.4 Å². The Morgan fingerprint density at radius 2 is 1.70 bits per heavy atom. The third kappa shape index (κ3) is 4.43. The van der Waals surface area contributed by atoms with Crippen LogP contribution >= 0.6 is 0 Å². The maximum Gasteiger partial charge on any atom is 0.298 e. The first-order chi connectivity index (χ1) is 14.3. The fourth-order valence-corrected chi connectivity index (χ4v) is 5.25. The molecule has 0 radical (unpaired) electrons. The Bertz CT molecular complexity index is 1010. The van der Waals surface area contributed by atoms with Crippen LogP contribution in [0.25, 0.3) is 11.1 Å². The van der Waals surface area contributed by atoms with Crippen molar-refractivity contribution in [3.8, 4) is 11.1 Å². The van der Waals surface area contributed by atoms with Crippen LogP contribution in [0.5, 0.6) is 0 Å². The summed E-state index contributed by atoms with van der Waals surface area (Å²) < 4.78 is 30.0. The molecule has 1 heterocycles. The van der Waals surface area contributed by atoms with Crippen LogP contribution in [0.1, 0.15) is 38.2 Å². The average Bonchev–Trinajstić information content (AvgIpc) is 3.39. The molecule has 2 aromatic carbocycles. The number of carbonyl (C=O) groups excluding carboxylic acids is 1. The number of likely N-dealkylation sites (tertiary alicyclic amines) is 1. The Morgan fingerprint density at radius 3 is 2.20 bits per heavy atom. The topological polar surface area (TPSA) is 89.7 Å². The predicted molar refractivity (Wildman–Crippen MR) is 115 cm³/mol. The second-order valence-corrected chi connectivity index (χ2v) is 9.94. The minimum Gasteiger partial charge on any atom is -0.367 e. The summed E-state index contributed by atoms with van der Waals surface area (Å²) in [5.41, 5.74) is 7.14. The fourth-order valence-electron chi connectivity index (χ4n) is 4.02. The Balaban J connectivity index is 1.40. The van der Waals surface area contributed by atoms with E-state index in [1.165, 1.54) is 37.1 Å². The first-order valence-electron chi connectivity index (χ1n) is 10.5. The van der Waals surface area contributed by atoms with Gasteiger partial charge in [0.1, 0.15) is 0 Å². The van der Waals surface area contributed by atoms with E-state index in [9.17, 15) is 13.2 Å². The number of nitrogens with two attached hydrogens (primary N) is 1. The summed E-state index contributed by atoms with van der Waals surface area (Å²) in [5, 5.41) is 0. The first kappa shape index (κ1) is 21.0. The Kier molecular flexibility index (Phi) is 5.70. The van der Waals surface area contributed by atoms with Gasteiger partial charge in [-0.2, -0.15) is 8.42 Å². The van der Waals surface area contributed by atoms with Crippen LogP contribution in [-0.4, -0.2) is 44.0 Å². The van der Waals surface area contributed by atoms with Crippen molar-refractivity contribution in [2.45, 2.75) is 55.6 Å². The molecule has 1 unspecified atom stereocenters. The molecule has 30 heavy (non-hydrogen) atoms. The summed E-state index contributed by atoms with van der Waals surface area (Å²) in [6, 6.07) is 15.6. The Labute approximate surface area is 178 Å². The third-order valence-corrected chi connectivity index (χ3v) is 7.62. The number of nitrogens with zero attached hydrogens (tertiary/aromatic N) is 1. The molecule has 2 fully saturated rings. The van der Waals surface area contributed by atoms with Crippen molar-refractivity contribution in [1.29, 1.82) is 0 Å². The summed E-state index contributed by atoms with van der Waals surface area (Å²) in [6.45, 7) is 4.57. The molecule has 1 amide bonds. The molecule has 2 aliphatic rings. The van der Waals surface area contributed by atoms with Gasteiger partial charge in [-0.1, -0.05) is 36.4 Å². The Morgan fingerprint density at radius 1 is 1.10 bits per heavy atom. The quantitative estimate of drug-likeness (QED) is 0.653. The SMILES string of the molecule is CC1CCCN1CCc1ccc(-c2ccc(S(=O)(=O)OC3(C(N)=O)CC3)cc2)cc1. The van der Waals surface area contributed by atoms with Crippen LogP contribution in [0, 0.1) is 0 Å². The van der Waals surface area contributed by atoms with Crippen LogP contribution in [0.4, 0.5) is 0 Å². The molecule has 1 aliphatic heterocycles. The number of benzene rings is 2. The van der Waals surface area contributed by atoms with Crippen molar-refractivity contribution in [2.75, 3.05) is 13.1 Å². The fraction of sp³-hybridized carbons (Fsp3) is 0.435. The molecular formula is C23H28N2O4S. The van der Waals surface area contributed by atoms with Gasteiger partial charge in [-0.25, -0.2) is 4.18 Å². The minimum absolute atomic E-state index is 0.0233. The lowest BCUT2D eigenvalue weighted by molar-refractivity contribution is -0.126. The maximum atomic E-state index is 12.5. The van der Waals surface area contributed by atoms with E-state index in [1.54, 1.807) is 12.1 Å². The van der Waals surface area contributed by atoms with Crippen molar-refractivity contribution in [2.24, 2.45) is 5.73 Å². The normalized spacial score (nSPS) is 20.9. The van der Waals surface area contributed by atoms with Crippen LogP contribution in [0.3, 0.4) is 0 Å². The monoisotopic (exact) mass is 428 g/mol. The van der Waals surface area contributed by atoms with Crippen molar-refractivity contribution in [1.82, 2.24) is 4.90 Å². The van der Waals surface area contributed by atoms with E-state index in [0.29, 0.717) is 18.9 Å². The molecule has 1 saturated carbocycles. The molecule has 4 rings (SSSR count). The molecule has 6 nitrogen and oxygen atoms in total. The second kappa shape index (κ2) is 8.13. The van der Waals surface area contributed by atoms with Crippen molar-refractivity contribution in [3.63, 3.8) is 0 Å². The number of hydrogen-bond acceptors (Lipinski definition) is 5. The summed E-state index contributed by atoms with van der Waals surface area (Å²) in [6.07, 6.45) is 4.28. The van der Waals surface area contributed by atoms with Crippen molar-refractivity contribution >= 4 is 16.0 Å². The molecule has 0 bridgehead atoms. The molecule has 0 aromatic heterocycles. The van der Waals surface area contributed by atoms with Crippen LogP contribution in [0.2, 0.25) is 0 Å². The highest BCUT2D eigenvalue weighted by Crippen LogP contribution is 2.41. The number of amides is 1. The summed E-state index contributed by atoms with van der Waals surface area (Å²) in [4.78, 5) is 14.0. The molecule has 2 N–H and O–H groups in total. The van der Waals surface area contributed by atoms with E-state index in [4.69, 9.17) is 9.92 Å². The highest BCUT2D eigenvalue weighted by atomic mass is 32.2. The van der Waals surface area contributed by atoms with Crippen LogP contribution in [-0.2, 0) is 25.5 Å². The average molecular weight is 429 g/mol. The first-order valence-corrected chi connectivity index (χ1v) is 11.9. The molecule has 160 valence electrons. The lowest BCUT2D eigenvalue weighted by atomic mass is 10.0. The summed E-state index contributed by atoms with van der Waals surface area (Å²) >= 11 is 0. The summed E-state index contributed by atoms with van der Waals surface area (Å²) in [5.74, 6) is -0.734. The smallest absolute Gasteiger partial charge is 0.298 e. The van der Waals surface area contributed by atoms with E-state index in [2.05, 4.69) is 36.1 Å². The zero-order valence-corrected chi connectivity index (χ0v) is 18.0. The minimum atomic E-state index is -4.03. The van der Waals surface area contributed by atoms with E-state index in [-0.39, 0.29) is 4.90 Å². The predicted octanol–water partition coefficient (Wildman–Crippen LogP) is 3.10. The van der Waals surface area contributed by atoms with Gasteiger partial charge >= 0.3 is 0 Å². The number of carbonyl (C=O) groups is 1. The zero-order valence-electron chi connectivity index (χ0n) is 17.2. The zero-order chi connectivity index (χ0) is 21.4. The Hall–Kier alpha value is -2.22. The van der Waals surface area contributed by atoms with E-state index in [1.807, 2.05) is 0 Å². The maximum absolute atomic E-state index is 12.5. The molecule has 7 heteroatoms. The van der Waals surface area contributed by atoms with E-state index in [0.717, 1.165) is 24.1 Å². The highest BCUT2D eigenvalue weighted by molar-refractivity contribution is 7.86. The molecule has 1 atom stereocenters. The van der Waals surface area contributed by atoms with Gasteiger partial charge in [-0.15, -0.1) is 0 Å². The number of rotatable bonds is 8.